The summed E-state index contributed by atoms with van der Waals surface area (Å²) in [5.74, 6) is -0.429. The summed E-state index contributed by atoms with van der Waals surface area (Å²) in [4.78, 5) is 23.7. The fourth-order valence-electron chi connectivity index (χ4n) is 2.22. The number of hydrogen-bond acceptors (Lipinski definition) is 3. The van der Waals surface area contributed by atoms with Crippen molar-refractivity contribution >= 4 is 12.0 Å². The molecule has 0 aromatic heterocycles. The van der Waals surface area contributed by atoms with Crippen molar-refractivity contribution < 1.29 is 27.5 Å². The van der Waals surface area contributed by atoms with Crippen molar-refractivity contribution in [2.24, 2.45) is 0 Å². The zero-order valence-corrected chi connectivity index (χ0v) is 15.4. The lowest BCUT2D eigenvalue weighted by molar-refractivity contribution is -0.137. The minimum atomic E-state index is -4.36. The molecule has 0 saturated carbocycles. The van der Waals surface area contributed by atoms with Crippen LogP contribution in [0.5, 0.6) is 0 Å². The van der Waals surface area contributed by atoms with Gasteiger partial charge < -0.3 is 15.4 Å². The Morgan fingerprint density at radius 2 is 1.69 bits per heavy atom. The van der Waals surface area contributed by atoms with Crippen molar-refractivity contribution in [3.63, 3.8) is 0 Å². The van der Waals surface area contributed by atoms with Crippen molar-refractivity contribution in [2.45, 2.75) is 57.9 Å². The quantitative estimate of drug-likeness (QED) is 0.798. The molecule has 1 atom stereocenters. The second-order valence-electron chi connectivity index (χ2n) is 6.97. The normalized spacial score (nSPS) is 13.0. The fraction of sp³-hybridized carbons (Fsp3) is 0.556. The van der Waals surface area contributed by atoms with Crippen LogP contribution in [0, 0.1) is 0 Å². The zero-order valence-electron chi connectivity index (χ0n) is 15.4. The van der Waals surface area contributed by atoms with Gasteiger partial charge in [-0.2, -0.15) is 13.2 Å². The molecule has 0 fully saturated rings. The molecule has 8 heteroatoms. The lowest BCUT2D eigenvalue weighted by Gasteiger charge is -2.23. The average molecular weight is 374 g/mol. The first-order valence-electron chi connectivity index (χ1n) is 8.29. The summed E-state index contributed by atoms with van der Waals surface area (Å²) in [5.41, 5.74) is -0.482. The van der Waals surface area contributed by atoms with Gasteiger partial charge in [0, 0.05) is 12.6 Å². The summed E-state index contributed by atoms with van der Waals surface area (Å²) in [5, 5.41) is 5.05. The molecule has 1 aromatic carbocycles. The molecular formula is C18H25F3N2O3. The molecule has 0 radical (unpaired) electrons. The molecule has 0 heterocycles. The number of nitrogens with one attached hydrogen (secondary N) is 2. The van der Waals surface area contributed by atoms with Crippen LogP contribution < -0.4 is 10.6 Å². The van der Waals surface area contributed by atoms with E-state index in [4.69, 9.17) is 4.74 Å². The molecule has 5 nitrogen and oxygen atoms in total. The number of likely N-dealkylation sites (N-methyl/N-ethyl adjacent to an activating group) is 1. The van der Waals surface area contributed by atoms with Gasteiger partial charge in [-0.05, 0) is 57.7 Å². The summed E-state index contributed by atoms with van der Waals surface area (Å²) in [6.45, 7) is 5.36. The Morgan fingerprint density at radius 1 is 1.12 bits per heavy atom. The van der Waals surface area contributed by atoms with Gasteiger partial charge in [-0.3, -0.25) is 4.79 Å². The molecule has 2 amide bonds. The molecule has 1 aromatic rings. The summed E-state index contributed by atoms with van der Waals surface area (Å²) in [6, 6.07) is 4.87. The maximum Gasteiger partial charge on any atom is 0.416 e. The molecule has 0 aliphatic heterocycles. The first-order valence-corrected chi connectivity index (χ1v) is 8.29. The molecule has 26 heavy (non-hydrogen) atoms. The zero-order chi connectivity index (χ0) is 20.0. The number of ether oxygens (including phenoxy) is 1. The van der Waals surface area contributed by atoms with Crippen LogP contribution in [0.25, 0.3) is 0 Å². The van der Waals surface area contributed by atoms with E-state index in [1.165, 1.54) is 19.2 Å². The van der Waals surface area contributed by atoms with Crippen molar-refractivity contribution in [1.82, 2.24) is 10.6 Å². The van der Waals surface area contributed by atoms with E-state index in [1.54, 1.807) is 20.8 Å². The van der Waals surface area contributed by atoms with Crippen LogP contribution in [0.3, 0.4) is 0 Å². The van der Waals surface area contributed by atoms with Gasteiger partial charge in [-0.15, -0.1) is 0 Å². The number of carbonyl (C=O) groups is 2. The Labute approximate surface area is 151 Å². The highest BCUT2D eigenvalue weighted by atomic mass is 19.4. The molecule has 0 unspecified atom stereocenters. The van der Waals surface area contributed by atoms with E-state index in [-0.39, 0.29) is 6.42 Å². The number of aryl methyl sites for hydroxylation is 1. The Morgan fingerprint density at radius 3 is 2.15 bits per heavy atom. The Bertz CT molecular complexity index is 608. The maximum absolute atomic E-state index is 12.5. The topological polar surface area (TPSA) is 67.4 Å². The van der Waals surface area contributed by atoms with Crippen molar-refractivity contribution in [1.29, 1.82) is 0 Å². The van der Waals surface area contributed by atoms with Crippen LogP contribution in [-0.4, -0.2) is 30.7 Å². The molecule has 0 aliphatic carbocycles. The lowest BCUT2D eigenvalue weighted by Crippen LogP contribution is -2.45. The summed E-state index contributed by atoms with van der Waals surface area (Å²) in [6.07, 6.45) is -4.81. The predicted octanol–water partition coefficient (Wildman–Crippen LogP) is 3.67. The standard InChI is InChI=1S/C18H25F3N2O3/c1-17(2,3)23-16(25)26-14(15(24)22-4)7-5-6-12-8-10-13(11-9-12)18(19,20)21/h8-11,14H,5-7H2,1-4H3,(H,22,24)(H,23,25)/t14-/m0/s1. The predicted molar refractivity (Wildman–Crippen MR) is 91.6 cm³/mol. The van der Waals surface area contributed by atoms with Gasteiger partial charge in [0.25, 0.3) is 5.91 Å². The number of rotatable bonds is 6. The maximum atomic E-state index is 12.5. The smallest absolute Gasteiger partial charge is 0.416 e. The van der Waals surface area contributed by atoms with Crippen LogP contribution in [0.1, 0.15) is 44.7 Å². The number of alkyl carbamates (subject to hydrolysis) is 1. The van der Waals surface area contributed by atoms with Gasteiger partial charge in [-0.25, -0.2) is 4.79 Å². The van der Waals surface area contributed by atoms with Crippen molar-refractivity contribution in [3.05, 3.63) is 35.4 Å². The molecule has 0 spiro atoms. The Hall–Kier alpha value is -2.25. The van der Waals surface area contributed by atoms with Crippen LogP contribution in [0.4, 0.5) is 18.0 Å². The number of halogens is 3. The van der Waals surface area contributed by atoms with Crippen LogP contribution >= 0.6 is 0 Å². The molecule has 0 saturated heterocycles. The third-order valence-corrected chi connectivity index (χ3v) is 3.48. The lowest BCUT2D eigenvalue weighted by atomic mass is 10.0. The molecule has 1 rings (SSSR count). The number of carbonyl (C=O) groups excluding carboxylic acids is 2. The largest absolute Gasteiger partial charge is 0.436 e. The van der Waals surface area contributed by atoms with E-state index < -0.39 is 35.4 Å². The van der Waals surface area contributed by atoms with E-state index in [9.17, 15) is 22.8 Å². The monoisotopic (exact) mass is 374 g/mol. The number of alkyl halides is 3. The third kappa shape index (κ3) is 7.76. The number of amides is 2. The second-order valence-corrected chi connectivity index (χ2v) is 6.97. The molecular weight excluding hydrogens is 349 g/mol. The van der Waals surface area contributed by atoms with Gasteiger partial charge in [0.2, 0.25) is 0 Å². The number of hydrogen-bond donors (Lipinski definition) is 2. The summed E-state index contributed by atoms with van der Waals surface area (Å²) in [7, 11) is 1.44. The molecule has 2 N–H and O–H groups in total. The first-order chi connectivity index (χ1) is 11.9. The van der Waals surface area contributed by atoms with E-state index in [0.29, 0.717) is 18.4 Å². The van der Waals surface area contributed by atoms with Gasteiger partial charge in [0.15, 0.2) is 6.10 Å². The van der Waals surface area contributed by atoms with Crippen LogP contribution in [-0.2, 0) is 22.1 Å². The Balaban J connectivity index is 2.59. The Kier molecular flexibility index (Phi) is 7.47. The highest BCUT2D eigenvalue weighted by Crippen LogP contribution is 2.29. The number of benzene rings is 1. The molecule has 146 valence electrons. The minimum absolute atomic E-state index is 0.262. The van der Waals surface area contributed by atoms with Crippen molar-refractivity contribution in [3.8, 4) is 0 Å². The van der Waals surface area contributed by atoms with E-state index in [0.717, 1.165) is 12.1 Å². The fourth-order valence-corrected chi connectivity index (χ4v) is 2.22. The third-order valence-electron chi connectivity index (χ3n) is 3.48. The second kappa shape index (κ2) is 8.91. The molecule has 0 aliphatic rings. The van der Waals surface area contributed by atoms with Gasteiger partial charge in [0.1, 0.15) is 0 Å². The molecule has 0 bridgehead atoms. The van der Waals surface area contributed by atoms with Crippen LogP contribution in [0.2, 0.25) is 0 Å². The highest BCUT2D eigenvalue weighted by molar-refractivity contribution is 5.83. The van der Waals surface area contributed by atoms with E-state index in [1.807, 2.05) is 0 Å². The highest BCUT2D eigenvalue weighted by Gasteiger charge is 2.30. The minimum Gasteiger partial charge on any atom is -0.436 e. The van der Waals surface area contributed by atoms with Crippen LogP contribution in [0.15, 0.2) is 24.3 Å². The average Bonchev–Trinajstić information content (AvgIpc) is 2.51. The van der Waals surface area contributed by atoms with Crippen molar-refractivity contribution in [2.75, 3.05) is 7.05 Å². The SMILES string of the molecule is CNC(=O)[C@H](CCCc1ccc(C(F)(F)F)cc1)OC(=O)NC(C)(C)C. The summed E-state index contributed by atoms with van der Waals surface area (Å²) < 4.78 is 42.8. The van der Waals surface area contributed by atoms with Gasteiger partial charge in [-0.1, -0.05) is 12.1 Å². The van der Waals surface area contributed by atoms with E-state index in [2.05, 4.69) is 10.6 Å². The summed E-state index contributed by atoms with van der Waals surface area (Å²) >= 11 is 0. The first kappa shape index (κ1) is 21.8. The van der Waals surface area contributed by atoms with Gasteiger partial charge in [0.05, 0.1) is 5.56 Å². The van der Waals surface area contributed by atoms with Gasteiger partial charge >= 0.3 is 12.3 Å². The van der Waals surface area contributed by atoms with E-state index >= 15 is 0 Å².